The lowest BCUT2D eigenvalue weighted by molar-refractivity contribution is 0.0923. The molecule has 116 valence electrons. The number of carbonyl (C=O) groups is 2. The molecule has 8 heteroatoms. The molecule has 22 heavy (non-hydrogen) atoms. The van der Waals surface area contributed by atoms with Crippen molar-refractivity contribution < 1.29 is 9.59 Å². The van der Waals surface area contributed by atoms with Gasteiger partial charge in [-0.2, -0.15) is 0 Å². The summed E-state index contributed by atoms with van der Waals surface area (Å²) >= 11 is 2.83. The Kier molecular flexibility index (Phi) is 4.69. The molecular weight excluding hydrogens is 320 g/mol. The molecule has 0 atom stereocenters. The second kappa shape index (κ2) is 6.89. The van der Waals surface area contributed by atoms with Crippen LogP contribution < -0.4 is 10.6 Å². The number of carbonyl (C=O) groups excluding carboxylic acids is 2. The lowest BCUT2D eigenvalue weighted by Crippen LogP contribution is -2.47. The lowest BCUT2D eigenvalue weighted by Gasteiger charge is -2.32. The zero-order chi connectivity index (χ0) is 15.4. The Morgan fingerprint density at radius 1 is 1.23 bits per heavy atom. The van der Waals surface area contributed by atoms with E-state index >= 15 is 0 Å². The molecular formula is C14H16N4O2S2. The predicted octanol–water partition coefficient (Wildman–Crippen LogP) is 2.63. The van der Waals surface area contributed by atoms with Gasteiger partial charge in [-0.05, 0) is 24.3 Å². The fourth-order valence-corrected chi connectivity index (χ4v) is 3.49. The molecule has 0 radical (unpaired) electrons. The largest absolute Gasteiger partial charge is 0.348 e. The van der Waals surface area contributed by atoms with E-state index in [1.165, 1.54) is 22.7 Å². The van der Waals surface area contributed by atoms with E-state index in [1.54, 1.807) is 11.1 Å². The number of amides is 3. The van der Waals surface area contributed by atoms with Gasteiger partial charge in [0.25, 0.3) is 5.91 Å². The van der Waals surface area contributed by atoms with Crippen LogP contribution in [0.25, 0.3) is 0 Å². The SMILES string of the molecule is O=C(NC1CCN(C(=O)Nc2nccs2)CC1)c1cccs1. The van der Waals surface area contributed by atoms with Gasteiger partial charge >= 0.3 is 6.03 Å². The van der Waals surface area contributed by atoms with Crippen LogP contribution in [0.5, 0.6) is 0 Å². The fraction of sp³-hybridized carbons (Fsp3) is 0.357. The van der Waals surface area contributed by atoms with E-state index in [0.29, 0.717) is 18.2 Å². The molecule has 0 bridgehead atoms. The van der Waals surface area contributed by atoms with E-state index < -0.39 is 0 Å². The maximum absolute atomic E-state index is 12.1. The number of piperidine rings is 1. The lowest BCUT2D eigenvalue weighted by atomic mass is 10.1. The first-order chi connectivity index (χ1) is 10.7. The van der Waals surface area contributed by atoms with Gasteiger partial charge in [0.05, 0.1) is 4.88 Å². The number of urea groups is 1. The van der Waals surface area contributed by atoms with Gasteiger partial charge in [-0.25, -0.2) is 9.78 Å². The minimum atomic E-state index is -0.127. The van der Waals surface area contributed by atoms with E-state index in [-0.39, 0.29) is 18.0 Å². The Morgan fingerprint density at radius 2 is 2.05 bits per heavy atom. The van der Waals surface area contributed by atoms with Crippen LogP contribution in [0.3, 0.4) is 0 Å². The van der Waals surface area contributed by atoms with Crippen molar-refractivity contribution in [2.45, 2.75) is 18.9 Å². The van der Waals surface area contributed by atoms with Gasteiger partial charge in [-0.3, -0.25) is 10.1 Å². The Bertz CT molecular complexity index is 619. The summed E-state index contributed by atoms with van der Waals surface area (Å²) in [5, 5.41) is 10.1. The number of nitrogens with one attached hydrogen (secondary N) is 2. The molecule has 2 aromatic heterocycles. The van der Waals surface area contributed by atoms with E-state index in [4.69, 9.17) is 0 Å². The van der Waals surface area contributed by atoms with Crippen LogP contribution in [-0.2, 0) is 0 Å². The van der Waals surface area contributed by atoms with Crippen LogP contribution in [0.1, 0.15) is 22.5 Å². The molecule has 6 nitrogen and oxygen atoms in total. The number of likely N-dealkylation sites (tertiary alicyclic amines) is 1. The zero-order valence-electron chi connectivity index (χ0n) is 11.8. The van der Waals surface area contributed by atoms with Crippen molar-refractivity contribution in [1.29, 1.82) is 0 Å². The Hall–Kier alpha value is -1.93. The Morgan fingerprint density at radius 3 is 2.68 bits per heavy atom. The van der Waals surface area contributed by atoms with Crippen molar-refractivity contribution in [2.24, 2.45) is 0 Å². The number of thiophene rings is 1. The van der Waals surface area contributed by atoms with Crippen molar-refractivity contribution in [3.05, 3.63) is 34.0 Å². The maximum Gasteiger partial charge on any atom is 0.323 e. The second-order valence-corrected chi connectivity index (χ2v) is 6.82. The predicted molar refractivity (Wildman–Crippen MR) is 87.5 cm³/mol. The van der Waals surface area contributed by atoms with Crippen LogP contribution in [0.2, 0.25) is 0 Å². The normalized spacial score (nSPS) is 15.5. The Balaban J connectivity index is 1.46. The summed E-state index contributed by atoms with van der Waals surface area (Å²) in [6.07, 6.45) is 3.19. The van der Waals surface area contributed by atoms with Crippen LogP contribution in [0, 0.1) is 0 Å². The molecule has 0 aliphatic carbocycles. The number of hydrogen-bond acceptors (Lipinski definition) is 5. The van der Waals surface area contributed by atoms with E-state index in [9.17, 15) is 9.59 Å². The summed E-state index contributed by atoms with van der Waals surface area (Å²) in [4.78, 5) is 30.6. The number of hydrogen-bond donors (Lipinski definition) is 2. The standard InChI is InChI=1S/C14H16N4O2S2/c19-12(11-2-1-8-21-11)16-10-3-6-18(7-4-10)14(20)17-13-15-5-9-22-13/h1-2,5,8-10H,3-4,6-7H2,(H,16,19)(H,15,17,20). The minimum Gasteiger partial charge on any atom is -0.348 e. The van der Waals surface area contributed by atoms with Gasteiger partial charge in [0.15, 0.2) is 5.13 Å². The highest BCUT2D eigenvalue weighted by Crippen LogP contribution is 2.16. The average molecular weight is 336 g/mol. The molecule has 3 heterocycles. The van der Waals surface area contributed by atoms with Crippen molar-refractivity contribution in [3.8, 4) is 0 Å². The molecule has 2 N–H and O–H groups in total. The molecule has 3 amide bonds. The van der Waals surface area contributed by atoms with Crippen molar-refractivity contribution in [2.75, 3.05) is 18.4 Å². The third-order valence-corrected chi connectivity index (χ3v) is 5.07. The number of rotatable bonds is 3. The summed E-state index contributed by atoms with van der Waals surface area (Å²) in [5.41, 5.74) is 0. The highest BCUT2D eigenvalue weighted by atomic mass is 32.1. The fourth-order valence-electron chi connectivity index (χ4n) is 2.35. The monoisotopic (exact) mass is 336 g/mol. The van der Waals surface area contributed by atoms with Gasteiger partial charge in [0.2, 0.25) is 0 Å². The van der Waals surface area contributed by atoms with Crippen LogP contribution in [0.15, 0.2) is 29.1 Å². The van der Waals surface area contributed by atoms with Crippen molar-refractivity contribution in [1.82, 2.24) is 15.2 Å². The number of anilines is 1. The van der Waals surface area contributed by atoms with E-state index in [0.717, 1.165) is 17.7 Å². The molecule has 0 aromatic carbocycles. The third kappa shape index (κ3) is 3.63. The first-order valence-electron chi connectivity index (χ1n) is 7.02. The topological polar surface area (TPSA) is 74.3 Å². The van der Waals surface area contributed by atoms with Gasteiger partial charge < -0.3 is 10.2 Å². The van der Waals surface area contributed by atoms with Gasteiger partial charge in [-0.15, -0.1) is 22.7 Å². The molecule has 0 spiro atoms. The van der Waals surface area contributed by atoms with E-state index in [1.807, 2.05) is 22.9 Å². The van der Waals surface area contributed by atoms with Crippen LogP contribution >= 0.6 is 22.7 Å². The summed E-state index contributed by atoms with van der Waals surface area (Å²) < 4.78 is 0. The van der Waals surface area contributed by atoms with Crippen LogP contribution in [0.4, 0.5) is 9.93 Å². The summed E-state index contributed by atoms with van der Waals surface area (Å²) in [5.74, 6) is -0.0271. The molecule has 0 saturated carbocycles. The molecule has 1 fully saturated rings. The maximum atomic E-state index is 12.1. The first kappa shape index (κ1) is 15.0. The van der Waals surface area contributed by atoms with E-state index in [2.05, 4.69) is 15.6 Å². The van der Waals surface area contributed by atoms with Crippen LogP contribution in [-0.4, -0.2) is 41.0 Å². The third-order valence-electron chi connectivity index (χ3n) is 3.51. The molecule has 3 rings (SSSR count). The number of nitrogens with zero attached hydrogens (tertiary/aromatic N) is 2. The zero-order valence-corrected chi connectivity index (χ0v) is 13.5. The molecule has 2 aromatic rings. The quantitative estimate of drug-likeness (QED) is 0.905. The van der Waals surface area contributed by atoms with Crippen molar-refractivity contribution >= 4 is 39.7 Å². The van der Waals surface area contributed by atoms with Gasteiger partial charge in [0, 0.05) is 30.7 Å². The second-order valence-electron chi connectivity index (χ2n) is 4.98. The molecule has 1 aliphatic rings. The summed E-state index contributed by atoms with van der Waals surface area (Å²) in [6.45, 7) is 1.26. The summed E-state index contributed by atoms with van der Waals surface area (Å²) in [6, 6.07) is 3.68. The molecule has 1 aliphatic heterocycles. The van der Waals surface area contributed by atoms with Crippen molar-refractivity contribution in [3.63, 3.8) is 0 Å². The summed E-state index contributed by atoms with van der Waals surface area (Å²) in [7, 11) is 0. The number of thiazole rings is 1. The number of aromatic nitrogens is 1. The molecule has 1 saturated heterocycles. The smallest absolute Gasteiger partial charge is 0.323 e. The first-order valence-corrected chi connectivity index (χ1v) is 8.78. The average Bonchev–Trinajstić information content (AvgIpc) is 3.21. The van der Waals surface area contributed by atoms with Gasteiger partial charge in [-0.1, -0.05) is 6.07 Å². The highest BCUT2D eigenvalue weighted by molar-refractivity contribution is 7.13. The molecule has 0 unspecified atom stereocenters. The Labute approximate surface area is 136 Å². The highest BCUT2D eigenvalue weighted by Gasteiger charge is 2.24. The minimum absolute atomic E-state index is 0.0271. The van der Waals surface area contributed by atoms with Gasteiger partial charge in [0.1, 0.15) is 0 Å².